The van der Waals surface area contributed by atoms with Gasteiger partial charge in [0, 0.05) is 6.04 Å². The van der Waals surface area contributed by atoms with E-state index < -0.39 is 0 Å². The molecule has 1 aromatic carbocycles. The van der Waals surface area contributed by atoms with E-state index in [0.29, 0.717) is 6.04 Å². The molecule has 1 unspecified atom stereocenters. The van der Waals surface area contributed by atoms with Crippen molar-refractivity contribution in [2.45, 2.75) is 46.1 Å². The van der Waals surface area contributed by atoms with Crippen LogP contribution in [0, 0.1) is 13.8 Å². The van der Waals surface area contributed by atoms with Gasteiger partial charge >= 0.3 is 0 Å². The third-order valence-corrected chi connectivity index (χ3v) is 3.17. The lowest BCUT2D eigenvalue weighted by Crippen LogP contribution is -2.24. The van der Waals surface area contributed by atoms with E-state index in [4.69, 9.17) is 0 Å². The van der Waals surface area contributed by atoms with Gasteiger partial charge in [0.2, 0.25) is 0 Å². The fraction of sp³-hybridized carbons (Fsp3) is 0.571. The molecule has 0 aliphatic rings. The minimum Gasteiger partial charge on any atom is -0.317 e. The van der Waals surface area contributed by atoms with Crippen molar-refractivity contribution in [2.75, 3.05) is 7.05 Å². The lowest BCUT2D eigenvalue weighted by Gasteiger charge is -2.14. The first-order valence-corrected chi connectivity index (χ1v) is 5.90. The molecule has 15 heavy (non-hydrogen) atoms. The minimum absolute atomic E-state index is 0.657. The van der Waals surface area contributed by atoms with Crippen molar-refractivity contribution in [2.24, 2.45) is 0 Å². The summed E-state index contributed by atoms with van der Waals surface area (Å²) in [6.45, 7) is 6.61. The zero-order chi connectivity index (χ0) is 11.3. The second-order valence-corrected chi connectivity index (χ2v) is 4.36. The maximum atomic E-state index is 3.36. The molecule has 1 atom stereocenters. The molecular weight excluding hydrogens is 182 g/mol. The Hall–Kier alpha value is -0.820. The van der Waals surface area contributed by atoms with Gasteiger partial charge in [-0.3, -0.25) is 0 Å². The zero-order valence-corrected chi connectivity index (χ0v) is 10.4. The van der Waals surface area contributed by atoms with E-state index >= 15 is 0 Å². The van der Waals surface area contributed by atoms with Crippen molar-refractivity contribution < 1.29 is 0 Å². The van der Waals surface area contributed by atoms with Gasteiger partial charge in [0.25, 0.3) is 0 Å². The second kappa shape index (κ2) is 5.92. The Morgan fingerprint density at radius 1 is 1.27 bits per heavy atom. The van der Waals surface area contributed by atoms with Crippen LogP contribution in [0.2, 0.25) is 0 Å². The summed E-state index contributed by atoms with van der Waals surface area (Å²) >= 11 is 0. The molecule has 1 heteroatoms. The van der Waals surface area contributed by atoms with Gasteiger partial charge in [-0.05, 0) is 51.3 Å². The smallest absolute Gasteiger partial charge is 0.00646 e. The summed E-state index contributed by atoms with van der Waals surface area (Å²) < 4.78 is 0. The van der Waals surface area contributed by atoms with Crippen molar-refractivity contribution in [3.8, 4) is 0 Å². The lowest BCUT2D eigenvalue weighted by molar-refractivity contribution is 0.508. The summed E-state index contributed by atoms with van der Waals surface area (Å²) in [6.07, 6.45) is 3.63. The van der Waals surface area contributed by atoms with Gasteiger partial charge in [-0.2, -0.15) is 0 Å². The van der Waals surface area contributed by atoms with Crippen LogP contribution in [0.3, 0.4) is 0 Å². The van der Waals surface area contributed by atoms with E-state index in [1.54, 1.807) is 0 Å². The van der Waals surface area contributed by atoms with Crippen LogP contribution in [0.15, 0.2) is 18.2 Å². The summed E-state index contributed by atoms with van der Waals surface area (Å²) in [5, 5.41) is 3.36. The number of benzene rings is 1. The summed E-state index contributed by atoms with van der Waals surface area (Å²) in [5.41, 5.74) is 4.29. The van der Waals surface area contributed by atoms with E-state index in [1.165, 1.54) is 36.0 Å². The molecule has 0 aliphatic heterocycles. The minimum atomic E-state index is 0.657. The molecular formula is C14H23N. The predicted molar refractivity (Wildman–Crippen MR) is 67.4 cm³/mol. The molecule has 0 saturated carbocycles. The maximum Gasteiger partial charge on any atom is 0.00646 e. The van der Waals surface area contributed by atoms with Crippen LogP contribution in [-0.2, 0) is 6.42 Å². The van der Waals surface area contributed by atoms with Crippen LogP contribution in [0.4, 0.5) is 0 Å². The molecule has 0 spiro atoms. The molecule has 1 nitrogen and oxygen atoms in total. The van der Waals surface area contributed by atoms with Gasteiger partial charge in [-0.25, -0.2) is 0 Å². The van der Waals surface area contributed by atoms with Gasteiger partial charge in [-0.15, -0.1) is 0 Å². The number of rotatable bonds is 5. The highest BCUT2D eigenvalue weighted by atomic mass is 14.9. The molecule has 1 rings (SSSR count). The van der Waals surface area contributed by atoms with Gasteiger partial charge in [0.05, 0.1) is 0 Å². The number of nitrogens with one attached hydrogen (secondary N) is 1. The molecule has 0 aromatic heterocycles. The predicted octanol–water partition coefficient (Wildman–Crippen LogP) is 3.23. The van der Waals surface area contributed by atoms with Crippen LogP contribution in [-0.4, -0.2) is 13.1 Å². The first-order chi connectivity index (χ1) is 7.17. The highest BCUT2D eigenvalue weighted by molar-refractivity contribution is 5.30. The molecule has 1 aromatic rings. The van der Waals surface area contributed by atoms with E-state index in [9.17, 15) is 0 Å². The van der Waals surface area contributed by atoms with Crippen LogP contribution < -0.4 is 5.32 Å². The highest BCUT2D eigenvalue weighted by Gasteiger charge is 2.05. The Bertz CT molecular complexity index is 300. The van der Waals surface area contributed by atoms with Gasteiger partial charge < -0.3 is 5.32 Å². The third kappa shape index (κ3) is 3.67. The van der Waals surface area contributed by atoms with Crippen molar-refractivity contribution in [3.63, 3.8) is 0 Å². The topological polar surface area (TPSA) is 12.0 Å². The molecule has 84 valence electrons. The lowest BCUT2D eigenvalue weighted by atomic mass is 9.98. The molecule has 0 saturated heterocycles. The monoisotopic (exact) mass is 205 g/mol. The van der Waals surface area contributed by atoms with E-state index in [0.717, 1.165) is 0 Å². The van der Waals surface area contributed by atoms with Gasteiger partial charge in [0.15, 0.2) is 0 Å². The summed E-state index contributed by atoms with van der Waals surface area (Å²) in [7, 11) is 2.05. The van der Waals surface area contributed by atoms with Crippen LogP contribution in [0.1, 0.15) is 36.5 Å². The van der Waals surface area contributed by atoms with Crippen molar-refractivity contribution >= 4 is 0 Å². The Labute approximate surface area is 93.9 Å². The van der Waals surface area contributed by atoms with Crippen LogP contribution in [0.25, 0.3) is 0 Å². The first-order valence-electron chi connectivity index (χ1n) is 5.90. The summed E-state index contributed by atoms with van der Waals surface area (Å²) in [5.74, 6) is 0. The maximum absolute atomic E-state index is 3.36. The average molecular weight is 205 g/mol. The van der Waals surface area contributed by atoms with Gasteiger partial charge in [0.1, 0.15) is 0 Å². The van der Waals surface area contributed by atoms with E-state index in [-0.39, 0.29) is 0 Å². The Balaban J connectivity index is 2.60. The van der Waals surface area contributed by atoms with E-state index in [2.05, 4.69) is 51.3 Å². The number of aryl methyl sites for hydroxylation is 3. The zero-order valence-electron chi connectivity index (χ0n) is 10.4. The molecule has 0 amide bonds. The third-order valence-electron chi connectivity index (χ3n) is 3.17. The van der Waals surface area contributed by atoms with Crippen molar-refractivity contribution in [1.82, 2.24) is 5.32 Å². The first kappa shape index (κ1) is 12.3. The molecule has 1 N–H and O–H groups in total. The fourth-order valence-corrected chi connectivity index (χ4v) is 1.95. The van der Waals surface area contributed by atoms with Crippen molar-refractivity contribution in [1.29, 1.82) is 0 Å². The van der Waals surface area contributed by atoms with Crippen molar-refractivity contribution in [3.05, 3.63) is 34.9 Å². The average Bonchev–Trinajstić information content (AvgIpc) is 2.24. The molecule has 0 aliphatic carbocycles. The highest BCUT2D eigenvalue weighted by Crippen LogP contribution is 2.14. The van der Waals surface area contributed by atoms with Crippen LogP contribution >= 0.6 is 0 Å². The normalized spacial score (nSPS) is 12.8. The second-order valence-electron chi connectivity index (χ2n) is 4.36. The molecule has 0 fully saturated rings. The Kier molecular flexibility index (Phi) is 4.83. The summed E-state index contributed by atoms with van der Waals surface area (Å²) in [4.78, 5) is 0. The SMILES string of the molecule is CCC(CCc1cc(C)ccc1C)NC. The summed E-state index contributed by atoms with van der Waals surface area (Å²) in [6, 6.07) is 7.39. The molecule has 0 bridgehead atoms. The van der Waals surface area contributed by atoms with E-state index in [1.807, 2.05) is 0 Å². The quantitative estimate of drug-likeness (QED) is 0.778. The Morgan fingerprint density at radius 2 is 2.00 bits per heavy atom. The Morgan fingerprint density at radius 3 is 2.60 bits per heavy atom. The number of hydrogen-bond donors (Lipinski definition) is 1. The largest absolute Gasteiger partial charge is 0.317 e. The van der Waals surface area contributed by atoms with Gasteiger partial charge in [-0.1, -0.05) is 30.7 Å². The standard InChI is InChI=1S/C14H23N/c1-5-14(15-4)9-8-13-10-11(2)6-7-12(13)3/h6-7,10,14-15H,5,8-9H2,1-4H3. The van der Waals surface area contributed by atoms with Crippen LogP contribution in [0.5, 0.6) is 0 Å². The molecule has 0 radical (unpaired) electrons. The number of hydrogen-bond acceptors (Lipinski definition) is 1. The molecule has 0 heterocycles. The fourth-order valence-electron chi connectivity index (χ4n) is 1.95.